The predicted molar refractivity (Wildman–Crippen MR) is 90.9 cm³/mol. The minimum absolute atomic E-state index is 0.0314. The van der Waals surface area contributed by atoms with Crippen molar-refractivity contribution in [2.24, 2.45) is 5.92 Å². The van der Waals surface area contributed by atoms with Gasteiger partial charge in [0, 0.05) is 12.1 Å². The van der Waals surface area contributed by atoms with Crippen LogP contribution >= 0.6 is 0 Å². The first-order valence-corrected chi connectivity index (χ1v) is 8.63. The quantitative estimate of drug-likeness (QED) is 0.849. The number of benzene rings is 1. The molecular formula is C18H24N4O2. The Bertz CT molecular complexity index is 675. The Morgan fingerprint density at radius 2 is 2.04 bits per heavy atom. The number of Topliss-reactive ketones (excluding diaryl/α,β-unsaturated/α-hetero) is 1. The summed E-state index contributed by atoms with van der Waals surface area (Å²) in [5.41, 5.74) is 1.74. The fraction of sp³-hybridized carbons (Fsp3) is 0.500. The maximum Gasteiger partial charge on any atom is 0.165 e. The van der Waals surface area contributed by atoms with E-state index in [2.05, 4.69) is 22.6 Å². The maximum atomic E-state index is 13.2. The molecule has 1 aromatic carbocycles. The number of piperidine rings is 1. The molecule has 0 bridgehead atoms. The van der Waals surface area contributed by atoms with Crippen LogP contribution in [-0.2, 0) is 11.2 Å². The number of aromatic nitrogens is 3. The van der Waals surface area contributed by atoms with E-state index in [-0.39, 0.29) is 17.5 Å². The standard InChI is InChI=1S/C18H24N4O2/c1-2-3-15-12-22(21-20-15)17(13-4-6-16(23)7-5-13)18(24)14-8-10-19-11-9-14/h4-7,12,14,17,19,23H,2-3,8-11H2,1H3/t17-/m0/s1. The maximum absolute atomic E-state index is 13.2. The third kappa shape index (κ3) is 3.64. The van der Waals surface area contributed by atoms with E-state index in [1.807, 2.05) is 6.20 Å². The third-order valence-electron chi connectivity index (χ3n) is 4.55. The van der Waals surface area contributed by atoms with E-state index in [0.29, 0.717) is 0 Å². The third-order valence-corrected chi connectivity index (χ3v) is 4.55. The molecule has 1 aromatic heterocycles. The molecule has 6 nitrogen and oxygen atoms in total. The molecule has 24 heavy (non-hydrogen) atoms. The highest BCUT2D eigenvalue weighted by Gasteiger charge is 2.31. The van der Waals surface area contributed by atoms with Crippen molar-refractivity contribution in [3.63, 3.8) is 0 Å². The summed E-state index contributed by atoms with van der Waals surface area (Å²) in [5.74, 6) is 0.399. The van der Waals surface area contributed by atoms with Gasteiger partial charge in [0.2, 0.25) is 0 Å². The van der Waals surface area contributed by atoms with Gasteiger partial charge in [0.05, 0.1) is 5.69 Å². The Hall–Kier alpha value is -2.21. The molecule has 2 N–H and O–H groups in total. The number of aromatic hydroxyl groups is 1. The number of phenols is 1. The van der Waals surface area contributed by atoms with E-state index in [0.717, 1.165) is 50.0 Å². The van der Waals surface area contributed by atoms with Crippen LogP contribution in [0.3, 0.4) is 0 Å². The molecular weight excluding hydrogens is 304 g/mol. The molecule has 6 heteroatoms. The molecule has 0 amide bonds. The van der Waals surface area contributed by atoms with Crippen molar-refractivity contribution in [2.45, 2.75) is 38.6 Å². The normalized spacial score (nSPS) is 16.9. The topological polar surface area (TPSA) is 80.0 Å². The Morgan fingerprint density at radius 3 is 2.71 bits per heavy atom. The molecule has 2 heterocycles. The van der Waals surface area contributed by atoms with Crippen LogP contribution in [0.2, 0.25) is 0 Å². The van der Waals surface area contributed by atoms with Crippen molar-refractivity contribution in [3.05, 3.63) is 41.7 Å². The highest BCUT2D eigenvalue weighted by Crippen LogP contribution is 2.27. The van der Waals surface area contributed by atoms with Crippen molar-refractivity contribution in [1.29, 1.82) is 0 Å². The van der Waals surface area contributed by atoms with Crippen molar-refractivity contribution in [3.8, 4) is 5.75 Å². The highest BCUT2D eigenvalue weighted by atomic mass is 16.3. The Kier molecular flexibility index (Phi) is 5.25. The number of carbonyl (C=O) groups excluding carboxylic acids is 1. The zero-order valence-corrected chi connectivity index (χ0v) is 14.0. The zero-order valence-electron chi connectivity index (χ0n) is 14.0. The van der Waals surface area contributed by atoms with Gasteiger partial charge in [-0.2, -0.15) is 0 Å². The lowest BCUT2D eigenvalue weighted by atomic mass is 9.87. The van der Waals surface area contributed by atoms with Crippen molar-refractivity contribution in [1.82, 2.24) is 20.3 Å². The number of ketones is 1. The van der Waals surface area contributed by atoms with Gasteiger partial charge in [0.1, 0.15) is 11.8 Å². The average Bonchev–Trinajstić information content (AvgIpc) is 3.06. The lowest BCUT2D eigenvalue weighted by Crippen LogP contribution is -2.36. The number of hydrogen-bond donors (Lipinski definition) is 2. The van der Waals surface area contributed by atoms with Crippen LogP contribution in [0.4, 0.5) is 0 Å². The second kappa shape index (κ2) is 7.57. The Morgan fingerprint density at radius 1 is 1.33 bits per heavy atom. The summed E-state index contributed by atoms with van der Waals surface area (Å²) >= 11 is 0. The number of nitrogens with zero attached hydrogens (tertiary/aromatic N) is 3. The van der Waals surface area contributed by atoms with Gasteiger partial charge >= 0.3 is 0 Å². The zero-order chi connectivity index (χ0) is 16.9. The summed E-state index contributed by atoms with van der Waals surface area (Å²) in [6.07, 6.45) is 5.42. The van der Waals surface area contributed by atoms with E-state index in [9.17, 15) is 9.90 Å². The molecule has 0 aliphatic carbocycles. The van der Waals surface area contributed by atoms with Crippen LogP contribution in [0.5, 0.6) is 5.75 Å². The predicted octanol–water partition coefficient (Wildman–Crippen LogP) is 2.09. The summed E-state index contributed by atoms with van der Waals surface area (Å²) in [4.78, 5) is 13.2. The lowest BCUT2D eigenvalue weighted by molar-refractivity contribution is -0.126. The molecule has 0 radical (unpaired) electrons. The molecule has 2 aromatic rings. The number of nitrogens with one attached hydrogen (secondary N) is 1. The van der Waals surface area contributed by atoms with E-state index in [1.54, 1.807) is 28.9 Å². The second-order valence-corrected chi connectivity index (χ2v) is 6.36. The fourth-order valence-corrected chi connectivity index (χ4v) is 3.24. The van der Waals surface area contributed by atoms with Crippen LogP contribution < -0.4 is 5.32 Å². The van der Waals surface area contributed by atoms with Gasteiger partial charge in [-0.25, -0.2) is 4.68 Å². The summed E-state index contributed by atoms with van der Waals surface area (Å²) < 4.78 is 1.68. The minimum Gasteiger partial charge on any atom is -0.508 e. The Balaban J connectivity index is 1.92. The van der Waals surface area contributed by atoms with Gasteiger partial charge in [0.15, 0.2) is 5.78 Å². The molecule has 1 saturated heterocycles. The van der Waals surface area contributed by atoms with Crippen LogP contribution in [0.15, 0.2) is 30.5 Å². The SMILES string of the molecule is CCCc1cn([C@H](C(=O)C2CCNCC2)c2ccc(O)cc2)nn1. The molecule has 0 spiro atoms. The van der Waals surface area contributed by atoms with Crippen molar-refractivity contribution in [2.75, 3.05) is 13.1 Å². The fourth-order valence-electron chi connectivity index (χ4n) is 3.24. The smallest absolute Gasteiger partial charge is 0.165 e. The monoisotopic (exact) mass is 328 g/mol. The van der Waals surface area contributed by atoms with Gasteiger partial charge in [-0.15, -0.1) is 5.10 Å². The number of aryl methyl sites for hydroxylation is 1. The van der Waals surface area contributed by atoms with E-state index < -0.39 is 6.04 Å². The van der Waals surface area contributed by atoms with Crippen LogP contribution in [0, 0.1) is 5.92 Å². The lowest BCUT2D eigenvalue weighted by Gasteiger charge is -2.26. The van der Waals surface area contributed by atoms with Crippen molar-refractivity contribution >= 4 is 5.78 Å². The molecule has 1 aliphatic rings. The molecule has 1 atom stereocenters. The summed E-state index contributed by atoms with van der Waals surface area (Å²) in [6, 6.07) is 6.33. The van der Waals surface area contributed by atoms with E-state index in [4.69, 9.17) is 0 Å². The molecule has 3 rings (SSSR count). The van der Waals surface area contributed by atoms with Crippen molar-refractivity contribution < 1.29 is 9.90 Å². The van der Waals surface area contributed by atoms with Crippen LogP contribution in [-0.4, -0.2) is 39.0 Å². The molecule has 1 aliphatic heterocycles. The number of carbonyl (C=O) groups is 1. The molecule has 128 valence electrons. The summed E-state index contributed by atoms with van der Waals surface area (Å²) in [5, 5.41) is 21.3. The highest BCUT2D eigenvalue weighted by molar-refractivity contribution is 5.87. The largest absolute Gasteiger partial charge is 0.508 e. The Labute approximate surface area is 141 Å². The number of hydrogen-bond acceptors (Lipinski definition) is 5. The molecule has 0 saturated carbocycles. The molecule has 1 fully saturated rings. The first-order chi connectivity index (χ1) is 11.7. The average molecular weight is 328 g/mol. The van der Waals surface area contributed by atoms with Gasteiger partial charge < -0.3 is 10.4 Å². The first kappa shape index (κ1) is 16.6. The summed E-state index contributed by atoms with van der Waals surface area (Å²) in [6.45, 7) is 3.84. The number of rotatable bonds is 6. The van der Waals surface area contributed by atoms with Gasteiger partial charge in [-0.1, -0.05) is 30.7 Å². The van der Waals surface area contributed by atoms with Gasteiger partial charge in [0.25, 0.3) is 0 Å². The van der Waals surface area contributed by atoms with Gasteiger partial charge in [-0.05, 0) is 50.0 Å². The van der Waals surface area contributed by atoms with Crippen LogP contribution in [0.25, 0.3) is 0 Å². The van der Waals surface area contributed by atoms with Gasteiger partial charge in [-0.3, -0.25) is 4.79 Å². The van der Waals surface area contributed by atoms with E-state index >= 15 is 0 Å². The second-order valence-electron chi connectivity index (χ2n) is 6.36. The minimum atomic E-state index is -0.480. The van der Waals surface area contributed by atoms with Crippen LogP contribution in [0.1, 0.15) is 43.5 Å². The first-order valence-electron chi connectivity index (χ1n) is 8.63. The molecule has 0 unspecified atom stereocenters. The number of phenolic OH excluding ortho intramolecular Hbond substituents is 1. The van der Waals surface area contributed by atoms with E-state index in [1.165, 1.54) is 0 Å². The summed E-state index contributed by atoms with van der Waals surface area (Å²) in [7, 11) is 0.